The summed E-state index contributed by atoms with van der Waals surface area (Å²) >= 11 is 1.30. The Bertz CT molecular complexity index is 787. The lowest BCUT2D eigenvalue weighted by Gasteiger charge is -2.13. The van der Waals surface area contributed by atoms with Crippen molar-refractivity contribution in [1.82, 2.24) is 14.7 Å². The number of anilines is 2. The molecule has 2 rings (SSSR count). The molecule has 0 saturated carbocycles. The lowest BCUT2D eigenvalue weighted by molar-refractivity contribution is 0.585. The first kappa shape index (κ1) is 18.6. The van der Waals surface area contributed by atoms with Gasteiger partial charge in [0.2, 0.25) is 16.0 Å². The molecule has 2 aromatic heterocycles. The smallest absolute Gasteiger partial charge is 0.250 e. The van der Waals surface area contributed by atoms with Gasteiger partial charge in [0.05, 0.1) is 0 Å². The highest BCUT2D eigenvalue weighted by atomic mass is 32.2. The number of hydrogen-bond donors (Lipinski definition) is 2. The van der Waals surface area contributed by atoms with Gasteiger partial charge in [-0.15, -0.1) is 11.3 Å². The third kappa shape index (κ3) is 4.89. The molecule has 0 fully saturated rings. The molecule has 0 aromatic carbocycles. The summed E-state index contributed by atoms with van der Waals surface area (Å²) in [5.74, 6) is 1.29. The van der Waals surface area contributed by atoms with Gasteiger partial charge in [-0.3, -0.25) is 0 Å². The molecule has 2 aromatic rings. The zero-order valence-corrected chi connectivity index (χ0v) is 16.0. The average Bonchev–Trinajstić information content (AvgIpc) is 3.01. The van der Waals surface area contributed by atoms with Gasteiger partial charge in [0.1, 0.15) is 10.0 Å². The Morgan fingerprint density at radius 1 is 1.21 bits per heavy atom. The lowest BCUT2D eigenvalue weighted by Crippen LogP contribution is -2.28. The fourth-order valence-corrected chi connectivity index (χ4v) is 4.36. The predicted octanol–water partition coefficient (Wildman–Crippen LogP) is 1.87. The van der Waals surface area contributed by atoms with Crippen LogP contribution in [0, 0.1) is 6.92 Å². The number of aromatic nitrogens is 2. The van der Waals surface area contributed by atoms with E-state index in [9.17, 15) is 8.42 Å². The lowest BCUT2D eigenvalue weighted by atomic mass is 10.4. The van der Waals surface area contributed by atoms with Crippen LogP contribution in [-0.4, -0.2) is 45.6 Å². The maximum atomic E-state index is 12.2. The number of thiophene rings is 1. The van der Waals surface area contributed by atoms with Gasteiger partial charge in [-0.2, -0.15) is 4.98 Å². The Kier molecular flexibility index (Phi) is 6.14. The van der Waals surface area contributed by atoms with Crippen molar-refractivity contribution < 1.29 is 8.42 Å². The summed E-state index contributed by atoms with van der Waals surface area (Å²) in [6.07, 6.45) is 0.834. The van der Waals surface area contributed by atoms with E-state index in [1.54, 1.807) is 6.07 Å². The molecule has 9 heteroatoms. The van der Waals surface area contributed by atoms with E-state index >= 15 is 0 Å². The molecule has 0 amide bonds. The van der Waals surface area contributed by atoms with Crippen LogP contribution >= 0.6 is 11.3 Å². The van der Waals surface area contributed by atoms with Crippen LogP contribution in [0.2, 0.25) is 0 Å². The van der Waals surface area contributed by atoms with E-state index < -0.39 is 10.0 Å². The summed E-state index contributed by atoms with van der Waals surface area (Å²) in [7, 11) is 0.362. The second-order valence-electron chi connectivity index (χ2n) is 5.48. The Hall–Kier alpha value is -1.71. The van der Waals surface area contributed by atoms with Gasteiger partial charge in [-0.05, 0) is 25.5 Å². The molecule has 0 radical (unpaired) electrons. The van der Waals surface area contributed by atoms with E-state index in [-0.39, 0.29) is 6.54 Å². The Morgan fingerprint density at radius 2 is 1.96 bits per heavy atom. The first-order valence-corrected chi connectivity index (χ1v) is 9.97. The van der Waals surface area contributed by atoms with Gasteiger partial charge in [0, 0.05) is 43.8 Å². The number of nitrogens with zero attached hydrogens (tertiary/aromatic N) is 3. The molecular weight excluding hydrogens is 346 g/mol. The van der Waals surface area contributed by atoms with Gasteiger partial charge in [0.15, 0.2) is 0 Å². The molecule has 0 atom stereocenters. The first-order chi connectivity index (χ1) is 11.3. The summed E-state index contributed by atoms with van der Waals surface area (Å²) in [6, 6.07) is 5.38. The molecule has 24 heavy (non-hydrogen) atoms. The van der Waals surface area contributed by atoms with Gasteiger partial charge in [-0.25, -0.2) is 18.1 Å². The largest absolute Gasteiger partial charge is 0.363 e. The number of sulfonamides is 1. The third-order valence-corrected chi connectivity index (χ3v) is 6.43. The summed E-state index contributed by atoms with van der Waals surface area (Å²) in [5.41, 5.74) is 0.850. The Morgan fingerprint density at radius 3 is 2.58 bits per heavy atom. The number of aryl methyl sites for hydroxylation is 2. The molecule has 0 unspecified atom stereocenters. The maximum absolute atomic E-state index is 12.2. The normalized spacial score (nSPS) is 11.5. The molecule has 0 aliphatic carbocycles. The third-order valence-electron chi connectivity index (χ3n) is 3.25. The summed E-state index contributed by atoms with van der Waals surface area (Å²) in [4.78, 5) is 11.6. The second-order valence-corrected chi connectivity index (χ2v) is 8.65. The highest BCUT2D eigenvalue weighted by Crippen LogP contribution is 2.21. The van der Waals surface area contributed by atoms with Crippen LogP contribution < -0.4 is 14.9 Å². The summed E-state index contributed by atoms with van der Waals surface area (Å²) in [5, 5.41) is 3.05. The molecule has 0 saturated heterocycles. The topological polar surface area (TPSA) is 87.2 Å². The van der Waals surface area contributed by atoms with Crippen LogP contribution in [0.3, 0.4) is 0 Å². The summed E-state index contributed by atoms with van der Waals surface area (Å²) in [6.45, 7) is 4.56. The maximum Gasteiger partial charge on any atom is 0.250 e. The molecule has 132 valence electrons. The van der Waals surface area contributed by atoms with E-state index in [1.807, 2.05) is 45.0 Å². The van der Waals surface area contributed by atoms with Crippen LogP contribution in [0.1, 0.15) is 17.5 Å². The van der Waals surface area contributed by atoms with Crippen molar-refractivity contribution in [2.24, 2.45) is 0 Å². The highest BCUT2D eigenvalue weighted by Gasteiger charge is 2.15. The van der Waals surface area contributed by atoms with Crippen molar-refractivity contribution in [3.63, 3.8) is 0 Å². The van der Waals surface area contributed by atoms with Crippen LogP contribution in [-0.2, 0) is 16.4 Å². The Balaban J connectivity index is 1.90. The van der Waals surface area contributed by atoms with E-state index in [1.165, 1.54) is 11.3 Å². The van der Waals surface area contributed by atoms with Crippen LogP contribution in [0.25, 0.3) is 0 Å². The highest BCUT2D eigenvalue weighted by molar-refractivity contribution is 7.91. The number of rotatable bonds is 8. The molecule has 0 aliphatic rings. The minimum Gasteiger partial charge on any atom is -0.363 e. The van der Waals surface area contributed by atoms with Crippen LogP contribution in [0.15, 0.2) is 22.4 Å². The number of hydrogen-bond acceptors (Lipinski definition) is 7. The SMILES string of the molecule is CCc1ccc(S(=O)(=O)NCCNc2nc(C)cc(N(C)C)n2)s1. The minimum absolute atomic E-state index is 0.260. The molecule has 0 bridgehead atoms. The van der Waals surface area contributed by atoms with Gasteiger partial charge < -0.3 is 10.2 Å². The molecular formula is C15H23N5O2S2. The van der Waals surface area contributed by atoms with Crippen LogP contribution in [0.5, 0.6) is 0 Å². The summed E-state index contributed by atoms with van der Waals surface area (Å²) < 4.78 is 27.3. The molecule has 0 spiro atoms. The van der Waals surface area contributed by atoms with Crippen molar-refractivity contribution >= 4 is 33.1 Å². The van der Waals surface area contributed by atoms with Crippen LogP contribution in [0.4, 0.5) is 11.8 Å². The predicted molar refractivity (Wildman–Crippen MR) is 98.5 cm³/mol. The van der Waals surface area contributed by atoms with E-state index in [0.717, 1.165) is 22.8 Å². The molecule has 7 nitrogen and oxygen atoms in total. The zero-order valence-electron chi connectivity index (χ0n) is 14.3. The standard InChI is InChI=1S/C15H23N5O2S2/c1-5-12-6-7-14(23-12)24(21,22)17-9-8-16-15-18-11(2)10-13(19-15)20(3)4/h6-7,10,17H,5,8-9H2,1-4H3,(H,16,18,19). The molecule has 2 heterocycles. The van der Waals surface area contributed by atoms with Gasteiger partial charge >= 0.3 is 0 Å². The molecule has 0 aliphatic heterocycles. The van der Waals surface area contributed by atoms with Gasteiger partial charge in [0.25, 0.3) is 0 Å². The van der Waals surface area contributed by atoms with Crippen molar-refractivity contribution in [2.45, 2.75) is 24.5 Å². The van der Waals surface area contributed by atoms with E-state index in [2.05, 4.69) is 20.0 Å². The van der Waals surface area contributed by atoms with Crippen molar-refractivity contribution in [3.05, 3.63) is 28.8 Å². The first-order valence-electron chi connectivity index (χ1n) is 7.67. The fourth-order valence-electron chi connectivity index (χ4n) is 1.98. The van der Waals surface area contributed by atoms with Crippen molar-refractivity contribution in [1.29, 1.82) is 0 Å². The monoisotopic (exact) mass is 369 g/mol. The zero-order chi connectivity index (χ0) is 17.7. The van der Waals surface area contributed by atoms with Gasteiger partial charge in [-0.1, -0.05) is 6.92 Å². The quantitative estimate of drug-likeness (QED) is 0.691. The fraction of sp³-hybridized carbons (Fsp3) is 0.467. The second kappa shape index (κ2) is 7.91. The number of nitrogens with one attached hydrogen (secondary N) is 2. The van der Waals surface area contributed by atoms with Crippen molar-refractivity contribution in [3.8, 4) is 0 Å². The van der Waals surface area contributed by atoms with E-state index in [0.29, 0.717) is 16.7 Å². The van der Waals surface area contributed by atoms with Crippen molar-refractivity contribution in [2.75, 3.05) is 37.4 Å². The van der Waals surface area contributed by atoms with E-state index in [4.69, 9.17) is 0 Å². The molecule has 2 N–H and O–H groups in total. The average molecular weight is 370 g/mol. The Labute approximate surface area is 147 Å². The minimum atomic E-state index is -3.45.